The van der Waals surface area contributed by atoms with Crippen molar-refractivity contribution in [3.05, 3.63) is 57.3 Å². The largest absolute Gasteiger partial charge is 0.487 e. The molecular weight excluding hydrogens is 293 g/mol. The molecule has 20 heavy (non-hydrogen) atoms. The number of rotatable bonds is 4. The molecule has 0 saturated heterocycles. The molecule has 0 aliphatic rings. The predicted octanol–water partition coefficient (Wildman–Crippen LogP) is 5.40. The van der Waals surface area contributed by atoms with E-state index in [-0.39, 0.29) is 0 Å². The molecule has 106 valence electrons. The Kier molecular flexibility index (Phi) is 4.90. The van der Waals surface area contributed by atoms with E-state index in [9.17, 15) is 0 Å². The highest BCUT2D eigenvalue weighted by Crippen LogP contribution is 2.31. The second-order valence-electron chi connectivity index (χ2n) is 5.03. The van der Waals surface area contributed by atoms with Gasteiger partial charge >= 0.3 is 0 Å². The Bertz CT molecular complexity index is 611. The maximum Gasteiger partial charge on any atom is 0.130 e. The third-order valence-electron chi connectivity index (χ3n) is 3.06. The minimum Gasteiger partial charge on any atom is -0.487 e. The summed E-state index contributed by atoms with van der Waals surface area (Å²) in [4.78, 5) is 4.21. The molecule has 0 bridgehead atoms. The van der Waals surface area contributed by atoms with Crippen LogP contribution in [-0.4, -0.2) is 4.98 Å². The van der Waals surface area contributed by atoms with Gasteiger partial charge in [-0.3, -0.25) is 0 Å². The van der Waals surface area contributed by atoms with E-state index in [1.54, 1.807) is 6.07 Å². The second-order valence-corrected chi connectivity index (χ2v) is 5.83. The monoisotopic (exact) mass is 309 g/mol. The first kappa shape index (κ1) is 15.1. The molecule has 2 nitrogen and oxygen atoms in total. The van der Waals surface area contributed by atoms with E-state index in [4.69, 9.17) is 27.9 Å². The highest BCUT2D eigenvalue weighted by Gasteiger charge is 2.10. The van der Waals surface area contributed by atoms with Gasteiger partial charge in [-0.25, -0.2) is 4.98 Å². The number of pyridine rings is 1. The fraction of sp³-hybridized carbons (Fsp3) is 0.312. The summed E-state index contributed by atoms with van der Waals surface area (Å²) in [5.41, 5.74) is 2.91. The van der Waals surface area contributed by atoms with Gasteiger partial charge in [0.2, 0.25) is 0 Å². The molecule has 0 N–H and O–H groups in total. The summed E-state index contributed by atoms with van der Waals surface area (Å²) in [6.45, 7) is 6.59. The van der Waals surface area contributed by atoms with Gasteiger partial charge in [-0.05, 0) is 48.2 Å². The first-order chi connectivity index (χ1) is 9.47. The second kappa shape index (κ2) is 6.47. The van der Waals surface area contributed by atoms with Gasteiger partial charge in [0.25, 0.3) is 0 Å². The molecule has 4 heteroatoms. The van der Waals surface area contributed by atoms with E-state index in [0.717, 1.165) is 27.6 Å². The van der Waals surface area contributed by atoms with E-state index in [2.05, 4.69) is 18.8 Å². The van der Waals surface area contributed by atoms with Gasteiger partial charge < -0.3 is 4.74 Å². The van der Waals surface area contributed by atoms with Crippen LogP contribution in [0.15, 0.2) is 30.3 Å². The highest BCUT2D eigenvalue weighted by molar-refractivity contribution is 6.31. The molecular formula is C16H17Cl2NO. The van der Waals surface area contributed by atoms with Gasteiger partial charge in [-0.2, -0.15) is 0 Å². The van der Waals surface area contributed by atoms with Crippen LogP contribution >= 0.6 is 23.2 Å². The zero-order valence-corrected chi connectivity index (χ0v) is 13.3. The van der Waals surface area contributed by atoms with Crippen LogP contribution in [-0.2, 0) is 6.61 Å². The lowest BCUT2D eigenvalue weighted by Gasteiger charge is -2.14. The number of hydrogen-bond acceptors (Lipinski definition) is 2. The normalized spacial score (nSPS) is 10.9. The minimum atomic E-state index is 0.356. The van der Waals surface area contributed by atoms with Gasteiger partial charge in [-0.15, -0.1) is 0 Å². The van der Waals surface area contributed by atoms with E-state index < -0.39 is 0 Å². The SMILES string of the molecule is Cc1cc(Cl)c(C(C)C)cc1OCc1cccc(Cl)n1. The number of halogens is 2. The van der Waals surface area contributed by atoms with Crippen molar-refractivity contribution in [3.63, 3.8) is 0 Å². The van der Waals surface area contributed by atoms with Gasteiger partial charge in [0.1, 0.15) is 17.5 Å². The average molecular weight is 310 g/mol. The van der Waals surface area contributed by atoms with Crippen molar-refractivity contribution in [2.24, 2.45) is 0 Å². The Morgan fingerprint density at radius 2 is 1.95 bits per heavy atom. The number of aromatic nitrogens is 1. The number of aryl methyl sites for hydroxylation is 1. The standard InChI is InChI=1S/C16H17Cl2NO/c1-10(2)13-8-15(11(3)7-14(13)17)20-9-12-5-4-6-16(18)19-12/h4-8,10H,9H2,1-3H3. The first-order valence-electron chi connectivity index (χ1n) is 6.51. The zero-order valence-electron chi connectivity index (χ0n) is 11.8. The Morgan fingerprint density at radius 3 is 2.60 bits per heavy atom. The fourth-order valence-electron chi connectivity index (χ4n) is 1.95. The topological polar surface area (TPSA) is 22.1 Å². The molecule has 0 aliphatic heterocycles. The molecule has 1 aromatic carbocycles. The predicted molar refractivity (Wildman–Crippen MR) is 83.9 cm³/mol. The van der Waals surface area contributed by atoms with Crippen LogP contribution in [0.25, 0.3) is 0 Å². The van der Waals surface area contributed by atoms with Crippen LogP contribution in [0.3, 0.4) is 0 Å². The average Bonchev–Trinajstić information content (AvgIpc) is 2.37. The molecule has 1 aromatic heterocycles. The number of ether oxygens (including phenoxy) is 1. The minimum absolute atomic E-state index is 0.356. The van der Waals surface area contributed by atoms with Crippen molar-refractivity contribution in [3.8, 4) is 5.75 Å². The highest BCUT2D eigenvalue weighted by atomic mass is 35.5. The molecule has 2 rings (SSSR count). The van der Waals surface area contributed by atoms with E-state index in [1.165, 1.54) is 0 Å². The number of nitrogens with zero attached hydrogens (tertiary/aromatic N) is 1. The lowest BCUT2D eigenvalue weighted by molar-refractivity contribution is 0.299. The molecule has 1 heterocycles. The summed E-state index contributed by atoms with van der Waals surface area (Å²) in [6, 6.07) is 9.45. The molecule has 0 aliphatic carbocycles. The van der Waals surface area contributed by atoms with Crippen molar-refractivity contribution in [2.45, 2.75) is 33.3 Å². The molecule has 0 radical (unpaired) electrons. The summed E-state index contributed by atoms with van der Waals surface area (Å²) in [7, 11) is 0. The van der Waals surface area contributed by atoms with E-state index in [0.29, 0.717) is 17.7 Å². The van der Waals surface area contributed by atoms with Gasteiger partial charge in [0, 0.05) is 5.02 Å². The quantitative estimate of drug-likeness (QED) is 0.705. The lowest BCUT2D eigenvalue weighted by Crippen LogP contribution is -2.01. The Balaban J connectivity index is 2.19. The fourth-order valence-corrected chi connectivity index (χ4v) is 2.57. The number of hydrogen-bond donors (Lipinski definition) is 0. The van der Waals surface area contributed by atoms with Gasteiger partial charge in [0.15, 0.2) is 0 Å². The third kappa shape index (κ3) is 3.65. The maximum absolute atomic E-state index is 6.25. The van der Waals surface area contributed by atoms with Crippen molar-refractivity contribution < 1.29 is 4.74 Å². The van der Waals surface area contributed by atoms with Crippen molar-refractivity contribution in [1.29, 1.82) is 0 Å². The van der Waals surface area contributed by atoms with Crippen molar-refractivity contribution in [1.82, 2.24) is 4.98 Å². The smallest absolute Gasteiger partial charge is 0.130 e. The van der Waals surface area contributed by atoms with Crippen molar-refractivity contribution in [2.75, 3.05) is 0 Å². The zero-order chi connectivity index (χ0) is 14.7. The van der Waals surface area contributed by atoms with Crippen LogP contribution < -0.4 is 4.74 Å². The summed E-state index contributed by atoms with van der Waals surface area (Å²) in [6.07, 6.45) is 0. The first-order valence-corrected chi connectivity index (χ1v) is 7.27. The lowest BCUT2D eigenvalue weighted by atomic mass is 10.0. The Hall–Kier alpha value is -1.25. The van der Waals surface area contributed by atoms with E-state index in [1.807, 2.05) is 31.2 Å². The summed E-state index contributed by atoms with van der Waals surface area (Å²) in [5, 5.41) is 1.26. The van der Waals surface area contributed by atoms with Crippen LogP contribution in [0.1, 0.15) is 36.6 Å². The van der Waals surface area contributed by atoms with Gasteiger partial charge in [-0.1, -0.05) is 43.1 Å². The van der Waals surface area contributed by atoms with Crippen LogP contribution in [0.4, 0.5) is 0 Å². The summed E-state index contributed by atoms with van der Waals surface area (Å²) in [5.74, 6) is 1.19. The number of benzene rings is 1. The van der Waals surface area contributed by atoms with Crippen LogP contribution in [0, 0.1) is 6.92 Å². The van der Waals surface area contributed by atoms with Gasteiger partial charge in [0.05, 0.1) is 5.69 Å². The summed E-state index contributed by atoms with van der Waals surface area (Å²) < 4.78 is 5.84. The van der Waals surface area contributed by atoms with Crippen molar-refractivity contribution >= 4 is 23.2 Å². The third-order valence-corrected chi connectivity index (χ3v) is 3.60. The molecule has 0 saturated carbocycles. The maximum atomic E-state index is 6.25. The molecule has 0 atom stereocenters. The summed E-state index contributed by atoms with van der Waals surface area (Å²) >= 11 is 12.1. The Morgan fingerprint density at radius 1 is 1.20 bits per heavy atom. The molecule has 0 fully saturated rings. The Labute approximate surface area is 129 Å². The van der Waals surface area contributed by atoms with E-state index >= 15 is 0 Å². The molecule has 0 unspecified atom stereocenters. The van der Waals surface area contributed by atoms with Crippen LogP contribution in [0.5, 0.6) is 5.75 Å². The molecule has 0 amide bonds. The molecule has 2 aromatic rings. The molecule has 0 spiro atoms. The van der Waals surface area contributed by atoms with Crippen LogP contribution in [0.2, 0.25) is 10.2 Å².